The zero-order valence-corrected chi connectivity index (χ0v) is 14.1. The summed E-state index contributed by atoms with van der Waals surface area (Å²) in [5.41, 5.74) is 2.55. The van der Waals surface area contributed by atoms with Gasteiger partial charge in [-0.05, 0) is 44.1 Å². The lowest BCUT2D eigenvalue weighted by Gasteiger charge is -2.29. The molecule has 0 spiro atoms. The van der Waals surface area contributed by atoms with Gasteiger partial charge in [-0.25, -0.2) is 0 Å². The van der Waals surface area contributed by atoms with Crippen molar-refractivity contribution in [3.05, 3.63) is 29.3 Å². The Morgan fingerprint density at radius 1 is 1.19 bits per heavy atom. The monoisotopic (exact) mass is 289 g/mol. The van der Waals surface area contributed by atoms with E-state index in [0.717, 1.165) is 18.2 Å². The molecule has 0 aromatic heterocycles. The first-order valence-corrected chi connectivity index (χ1v) is 8.58. The second-order valence-electron chi connectivity index (χ2n) is 6.77. The molecule has 1 fully saturated rings. The highest BCUT2D eigenvalue weighted by Gasteiger charge is 2.22. The van der Waals surface area contributed by atoms with Crippen LogP contribution < -0.4 is 10.1 Å². The van der Waals surface area contributed by atoms with Gasteiger partial charge < -0.3 is 10.1 Å². The molecule has 2 nitrogen and oxygen atoms in total. The molecule has 21 heavy (non-hydrogen) atoms. The first-order chi connectivity index (χ1) is 10.1. The number of benzene rings is 1. The fourth-order valence-corrected chi connectivity index (χ4v) is 3.16. The van der Waals surface area contributed by atoms with E-state index in [1.54, 1.807) is 0 Å². The fourth-order valence-electron chi connectivity index (χ4n) is 3.16. The second kappa shape index (κ2) is 7.84. The molecule has 0 heterocycles. The predicted octanol–water partition coefficient (Wildman–Crippen LogP) is 4.84. The highest BCUT2D eigenvalue weighted by molar-refractivity contribution is 5.41. The van der Waals surface area contributed by atoms with Crippen molar-refractivity contribution in [1.82, 2.24) is 5.32 Å². The molecule has 1 saturated carbocycles. The third-order valence-corrected chi connectivity index (χ3v) is 4.65. The molecule has 2 rings (SSSR count). The van der Waals surface area contributed by atoms with Crippen LogP contribution in [-0.4, -0.2) is 12.1 Å². The van der Waals surface area contributed by atoms with Crippen LogP contribution in [0.1, 0.15) is 64.0 Å². The molecule has 1 aliphatic rings. The first kappa shape index (κ1) is 16.4. The number of hydrogen-bond acceptors (Lipinski definition) is 2. The molecule has 0 unspecified atom stereocenters. The number of rotatable bonds is 6. The summed E-state index contributed by atoms with van der Waals surface area (Å²) in [7, 11) is 0. The third-order valence-electron chi connectivity index (χ3n) is 4.65. The Kier molecular flexibility index (Phi) is 6.10. The van der Waals surface area contributed by atoms with Gasteiger partial charge in [-0.1, -0.05) is 45.4 Å². The summed E-state index contributed by atoms with van der Waals surface area (Å²) in [6.45, 7) is 9.72. The molecular formula is C19H31NO. The molecule has 0 saturated heterocycles. The van der Waals surface area contributed by atoms with Crippen molar-refractivity contribution in [2.45, 2.75) is 78.5 Å². The van der Waals surface area contributed by atoms with Crippen molar-refractivity contribution in [3.8, 4) is 5.75 Å². The van der Waals surface area contributed by atoms with Crippen molar-refractivity contribution in [3.63, 3.8) is 0 Å². The predicted molar refractivity (Wildman–Crippen MR) is 89.8 cm³/mol. The van der Waals surface area contributed by atoms with Crippen molar-refractivity contribution in [2.75, 3.05) is 0 Å². The Labute approximate surface area is 130 Å². The minimum atomic E-state index is 0.409. The van der Waals surface area contributed by atoms with Gasteiger partial charge in [0, 0.05) is 18.2 Å². The van der Waals surface area contributed by atoms with Crippen LogP contribution >= 0.6 is 0 Å². The summed E-state index contributed by atoms with van der Waals surface area (Å²) >= 11 is 0. The fraction of sp³-hybridized carbons (Fsp3) is 0.684. The summed E-state index contributed by atoms with van der Waals surface area (Å²) in [4.78, 5) is 0. The van der Waals surface area contributed by atoms with Crippen molar-refractivity contribution in [1.29, 1.82) is 0 Å². The first-order valence-electron chi connectivity index (χ1n) is 8.58. The minimum Gasteiger partial charge on any atom is -0.490 e. The normalized spacial score (nSPS) is 22.5. The molecule has 2 heteroatoms. The minimum absolute atomic E-state index is 0.409. The Hall–Kier alpha value is -1.02. The second-order valence-corrected chi connectivity index (χ2v) is 6.77. The maximum atomic E-state index is 6.40. The van der Waals surface area contributed by atoms with E-state index in [1.807, 2.05) is 0 Å². The van der Waals surface area contributed by atoms with E-state index < -0.39 is 0 Å². The standard InChI is InChI=1S/C19H31NO/c1-5-16-9-11-18(12-10-16)21-19-15(4)7-6-8-17(19)13-20-14(2)3/h6-8,14,16,18,20H,5,9-13H2,1-4H3. The zero-order chi connectivity index (χ0) is 15.2. The molecular weight excluding hydrogens is 258 g/mol. The molecule has 0 aliphatic heterocycles. The smallest absolute Gasteiger partial charge is 0.127 e. The van der Waals surface area contributed by atoms with Gasteiger partial charge in [0.25, 0.3) is 0 Å². The molecule has 1 N–H and O–H groups in total. The Balaban J connectivity index is 2.01. The van der Waals surface area contributed by atoms with Crippen LogP contribution in [0.4, 0.5) is 0 Å². The lowest BCUT2D eigenvalue weighted by Crippen LogP contribution is -2.26. The number of aryl methyl sites for hydroxylation is 1. The van der Waals surface area contributed by atoms with E-state index in [9.17, 15) is 0 Å². The topological polar surface area (TPSA) is 21.3 Å². The molecule has 0 amide bonds. The van der Waals surface area contributed by atoms with E-state index in [0.29, 0.717) is 12.1 Å². The van der Waals surface area contributed by atoms with Crippen molar-refractivity contribution >= 4 is 0 Å². The van der Waals surface area contributed by atoms with Gasteiger partial charge >= 0.3 is 0 Å². The molecule has 1 aromatic rings. The van der Waals surface area contributed by atoms with Gasteiger partial charge in [-0.2, -0.15) is 0 Å². The van der Waals surface area contributed by atoms with E-state index in [-0.39, 0.29) is 0 Å². The largest absolute Gasteiger partial charge is 0.490 e. The summed E-state index contributed by atoms with van der Waals surface area (Å²) < 4.78 is 6.40. The van der Waals surface area contributed by atoms with Crippen molar-refractivity contribution < 1.29 is 4.74 Å². The van der Waals surface area contributed by atoms with Crippen LogP contribution in [0.5, 0.6) is 5.75 Å². The van der Waals surface area contributed by atoms with Crippen LogP contribution in [0.15, 0.2) is 18.2 Å². The van der Waals surface area contributed by atoms with E-state index in [1.165, 1.54) is 43.2 Å². The lowest BCUT2D eigenvalue weighted by atomic mass is 9.86. The number of nitrogens with one attached hydrogen (secondary N) is 1. The van der Waals surface area contributed by atoms with Crippen LogP contribution in [-0.2, 0) is 6.54 Å². The SMILES string of the molecule is CCC1CCC(Oc2c(C)cccc2CNC(C)C)CC1. The van der Waals surface area contributed by atoms with Crippen molar-refractivity contribution in [2.24, 2.45) is 5.92 Å². The number of hydrogen-bond donors (Lipinski definition) is 1. The molecule has 118 valence electrons. The Bertz CT molecular complexity index is 433. The van der Waals surface area contributed by atoms with Gasteiger partial charge in [0.15, 0.2) is 0 Å². The summed E-state index contributed by atoms with van der Waals surface area (Å²) in [5, 5.41) is 3.50. The van der Waals surface area contributed by atoms with E-state index >= 15 is 0 Å². The summed E-state index contributed by atoms with van der Waals surface area (Å²) in [6.07, 6.45) is 6.81. The van der Waals surface area contributed by atoms with Crippen LogP contribution in [0.3, 0.4) is 0 Å². The average molecular weight is 289 g/mol. The Morgan fingerprint density at radius 2 is 1.90 bits per heavy atom. The molecule has 0 radical (unpaired) electrons. The molecule has 0 bridgehead atoms. The quantitative estimate of drug-likeness (QED) is 0.809. The van der Waals surface area contributed by atoms with Gasteiger partial charge in [0.1, 0.15) is 5.75 Å². The number of ether oxygens (including phenoxy) is 1. The molecule has 0 atom stereocenters. The maximum Gasteiger partial charge on any atom is 0.127 e. The van der Waals surface area contributed by atoms with Gasteiger partial charge in [-0.15, -0.1) is 0 Å². The van der Waals surface area contributed by atoms with Gasteiger partial charge in [0.05, 0.1) is 6.10 Å². The summed E-state index contributed by atoms with van der Waals surface area (Å²) in [5.74, 6) is 2.04. The number of para-hydroxylation sites is 1. The maximum absolute atomic E-state index is 6.40. The molecule has 1 aliphatic carbocycles. The summed E-state index contributed by atoms with van der Waals surface area (Å²) in [6, 6.07) is 6.98. The van der Waals surface area contributed by atoms with E-state index in [2.05, 4.69) is 51.2 Å². The average Bonchev–Trinajstić information content (AvgIpc) is 2.48. The van der Waals surface area contributed by atoms with Crippen LogP contribution in [0.25, 0.3) is 0 Å². The molecule has 1 aromatic carbocycles. The van der Waals surface area contributed by atoms with Gasteiger partial charge in [0.2, 0.25) is 0 Å². The zero-order valence-electron chi connectivity index (χ0n) is 14.1. The highest BCUT2D eigenvalue weighted by Crippen LogP contribution is 2.32. The van der Waals surface area contributed by atoms with Crippen LogP contribution in [0, 0.1) is 12.8 Å². The van der Waals surface area contributed by atoms with Gasteiger partial charge in [-0.3, -0.25) is 0 Å². The third kappa shape index (κ3) is 4.74. The Morgan fingerprint density at radius 3 is 2.52 bits per heavy atom. The van der Waals surface area contributed by atoms with E-state index in [4.69, 9.17) is 4.74 Å². The highest BCUT2D eigenvalue weighted by atomic mass is 16.5. The lowest BCUT2D eigenvalue weighted by molar-refractivity contribution is 0.128. The van der Waals surface area contributed by atoms with Crippen LogP contribution in [0.2, 0.25) is 0 Å².